The lowest BCUT2D eigenvalue weighted by Gasteiger charge is -2.06. The molecule has 0 bridgehead atoms. The molecule has 2 rings (SSSR count). The minimum absolute atomic E-state index is 0.0238. The van der Waals surface area contributed by atoms with E-state index < -0.39 is 5.97 Å². The highest BCUT2D eigenvalue weighted by molar-refractivity contribution is 5.84. The number of hydrogen-bond donors (Lipinski definition) is 2. The fourth-order valence-corrected chi connectivity index (χ4v) is 1.52. The molecule has 0 fully saturated rings. The van der Waals surface area contributed by atoms with E-state index in [1.54, 1.807) is 22.9 Å². The van der Waals surface area contributed by atoms with Crippen LogP contribution in [-0.4, -0.2) is 32.2 Å². The van der Waals surface area contributed by atoms with E-state index in [2.05, 4.69) is 15.3 Å². The van der Waals surface area contributed by atoms with Crippen molar-refractivity contribution in [2.45, 2.75) is 6.54 Å². The second kappa shape index (κ2) is 5.64. The Hall–Kier alpha value is -2.88. The largest absolute Gasteiger partial charge is 0.476 e. The Labute approximate surface area is 109 Å². The Morgan fingerprint density at radius 3 is 3.05 bits per heavy atom. The second-order valence-electron chi connectivity index (χ2n) is 3.77. The molecule has 0 spiro atoms. The summed E-state index contributed by atoms with van der Waals surface area (Å²) in [6.45, 7) is 1.16. The van der Waals surface area contributed by atoms with Crippen molar-refractivity contribution in [2.24, 2.45) is 0 Å². The van der Waals surface area contributed by atoms with Gasteiger partial charge in [0.05, 0.1) is 6.33 Å². The molecule has 0 saturated carbocycles. The smallest absolute Gasteiger partial charge is 0.356 e. The summed E-state index contributed by atoms with van der Waals surface area (Å²) >= 11 is 0. The molecule has 2 N–H and O–H groups in total. The summed E-state index contributed by atoms with van der Waals surface area (Å²) in [5.74, 6) is -1.04. The summed E-state index contributed by atoms with van der Waals surface area (Å²) in [4.78, 5) is 18.3. The Morgan fingerprint density at radius 1 is 1.53 bits per heavy atom. The maximum Gasteiger partial charge on any atom is 0.356 e. The molecule has 0 aromatic carbocycles. The number of anilines is 1. The standard InChI is InChI=1S/C12H11N5O2/c13-6-10-5-9(1-2-14-10)15-3-4-17-7-11(12(18)19)16-8-17/h1-2,5,7-8H,3-4H2,(H,14,15)(H,18,19). The molecule has 0 radical (unpaired) electrons. The van der Waals surface area contributed by atoms with E-state index in [1.165, 1.54) is 12.5 Å². The van der Waals surface area contributed by atoms with Crippen LogP contribution in [0.3, 0.4) is 0 Å². The zero-order chi connectivity index (χ0) is 13.7. The molecule has 0 saturated heterocycles. The number of rotatable bonds is 5. The monoisotopic (exact) mass is 257 g/mol. The zero-order valence-electron chi connectivity index (χ0n) is 9.95. The number of nitrogens with one attached hydrogen (secondary N) is 1. The SMILES string of the molecule is N#Cc1cc(NCCn2cnc(C(=O)O)c2)ccn1. The minimum atomic E-state index is -1.04. The number of nitrogens with zero attached hydrogens (tertiary/aromatic N) is 4. The van der Waals surface area contributed by atoms with Crippen molar-refractivity contribution < 1.29 is 9.90 Å². The highest BCUT2D eigenvalue weighted by atomic mass is 16.4. The van der Waals surface area contributed by atoms with Crippen LogP contribution in [0.1, 0.15) is 16.2 Å². The Morgan fingerprint density at radius 2 is 2.37 bits per heavy atom. The number of aromatic nitrogens is 3. The van der Waals surface area contributed by atoms with Gasteiger partial charge in [-0.05, 0) is 12.1 Å². The molecular weight excluding hydrogens is 246 g/mol. The first-order valence-electron chi connectivity index (χ1n) is 5.54. The van der Waals surface area contributed by atoms with E-state index in [0.29, 0.717) is 18.8 Å². The zero-order valence-corrected chi connectivity index (χ0v) is 9.95. The van der Waals surface area contributed by atoms with E-state index in [0.717, 1.165) is 5.69 Å². The van der Waals surface area contributed by atoms with E-state index in [4.69, 9.17) is 10.4 Å². The third kappa shape index (κ3) is 3.29. The van der Waals surface area contributed by atoms with Crippen LogP contribution in [0.2, 0.25) is 0 Å². The van der Waals surface area contributed by atoms with Gasteiger partial charge in [0.1, 0.15) is 11.8 Å². The first kappa shape index (κ1) is 12.6. The quantitative estimate of drug-likeness (QED) is 0.826. The lowest BCUT2D eigenvalue weighted by Crippen LogP contribution is -2.09. The molecule has 0 unspecified atom stereocenters. The number of aromatic carboxylic acids is 1. The summed E-state index contributed by atoms with van der Waals surface area (Å²) in [6, 6.07) is 5.37. The third-order valence-corrected chi connectivity index (χ3v) is 2.43. The van der Waals surface area contributed by atoms with Crippen LogP contribution in [0.25, 0.3) is 0 Å². The van der Waals surface area contributed by atoms with Gasteiger partial charge in [-0.15, -0.1) is 0 Å². The van der Waals surface area contributed by atoms with E-state index >= 15 is 0 Å². The molecule has 0 aliphatic rings. The number of carbonyl (C=O) groups is 1. The van der Waals surface area contributed by atoms with Gasteiger partial charge in [-0.1, -0.05) is 0 Å². The number of hydrogen-bond acceptors (Lipinski definition) is 5. The number of carboxylic acids is 1. The first-order valence-corrected chi connectivity index (χ1v) is 5.54. The van der Waals surface area contributed by atoms with Gasteiger partial charge in [-0.25, -0.2) is 14.8 Å². The topological polar surface area (TPSA) is 104 Å². The summed E-state index contributed by atoms with van der Waals surface area (Å²) in [7, 11) is 0. The Kier molecular flexibility index (Phi) is 3.73. The molecule has 2 aromatic rings. The molecule has 7 nitrogen and oxygen atoms in total. The average molecular weight is 257 g/mol. The normalized spacial score (nSPS) is 9.84. The van der Waals surface area contributed by atoms with Gasteiger partial charge in [-0.2, -0.15) is 5.26 Å². The van der Waals surface area contributed by atoms with Crippen molar-refractivity contribution in [1.82, 2.24) is 14.5 Å². The van der Waals surface area contributed by atoms with Crippen LogP contribution in [0.4, 0.5) is 5.69 Å². The summed E-state index contributed by atoms with van der Waals surface area (Å²) < 4.78 is 1.68. The maximum atomic E-state index is 10.7. The number of pyridine rings is 1. The lowest BCUT2D eigenvalue weighted by molar-refractivity contribution is 0.0691. The summed E-state index contributed by atoms with van der Waals surface area (Å²) in [5, 5.41) is 20.6. The fourth-order valence-electron chi connectivity index (χ4n) is 1.52. The number of nitriles is 1. The van der Waals surface area contributed by atoms with Crippen LogP contribution in [0.15, 0.2) is 30.9 Å². The van der Waals surface area contributed by atoms with Crippen molar-refractivity contribution in [3.05, 3.63) is 42.2 Å². The van der Waals surface area contributed by atoms with E-state index in [1.807, 2.05) is 6.07 Å². The fraction of sp³-hybridized carbons (Fsp3) is 0.167. The van der Waals surface area contributed by atoms with Gasteiger partial charge in [-0.3, -0.25) is 0 Å². The van der Waals surface area contributed by atoms with Crippen molar-refractivity contribution >= 4 is 11.7 Å². The van der Waals surface area contributed by atoms with Crippen LogP contribution in [0, 0.1) is 11.3 Å². The molecule has 2 heterocycles. The van der Waals surface area contributed by atoms with Gasteiger partial charge in [0.25, 0.3) is 0 Å². The van der Waals surface area contributed by atoms with Crippen LogP contribution in [0.5, 0.6) is 0 Å². The molecule has 0 aliphatic carbocycles. The predicted molar refractivity (Wildman–Crippen MR) is 66.6 cm³/mol. The van der Waals surface area contributed by atoms with Crippen molar-refractivity contribution in [3.63, 3.8) is 0 Å². The van der Waals surface area contributed by atoms with Crippen LogP contribution in [-0.2, 0) is 6.54 Å². The van der Waals surface area contributed by atoms with Gasteiger partial charge in [0.2, 0.25) is 0 Å². The number of carboxylic acid groups (broad SMARTS) is 1. The Bertz CT molecular complexity index is 629. The first-order chi connectivity index (χ1) is 9.19. The van der Waals surface area contributed by atoms with E-state index in [9.17, 15) is 4.79 Å². The Balaban J connectivity index is 1.89. The molecular formula is C12H11N5O2. The minimum Gasteiger partial charge on any atom is -0.476 e. The summed E-state index contributed by atoms with van der Waals surface area (Å²) in [5.41, 5.74) is 1.17. The van der Waals surface area contributed by atoms with Crippen LogP contribution < -0.4 is 5.32 Å². The number of imidazole rings is 1. The van der Waals surface area contributed by atoms with Crippen LogP contribution >= 0.6 is 0 Å². The lowest BCUT2D eigenvalue weighted by atomic mass is 10.3. The van der Waals surface area contributed by atoms with Gasteiger partial charge in [0, 0.05) is 31.2 Å². The van der Waals surface area contributed by atoms with Crippen molar-refractivity contribution in [2.75, 3.05) is 11.9 Å². The van der Waals surface area contributed by atoms with Gasteiger partial charge < -0.3 is 15.0 Å². The molecule has 2 aromatic heterocycles. The van der Waals surface area contributed by atoms with Gasteiger partial charge >= 0.3 is 5.97 Å². The van der Waals surface area contributed by atoms with Crippen molar-refractivity contribution in [1.29, 1.82) is 5.26 Å². The molecule has 0 atom stereocenters. The molecule has 19 heavy (non-hydrogen) atoms. The van der Waals surface area contributed by atoms with Gasteiger partial charge in [0.15, 0.2) is 5.69 Å². The highest BCUT2D eigenvalue weighted by Crippen LogP contribution is 2.06. The molecule has 96 valence electrons. The highest BCUT2D eigenvalue weighted by Gasteiger charge is 2.05. The third-order valence-electron chi connectivity index (χ3n) is 2.43. The predicted octanol–water partition coefficient (Wildman–Crippen LogP) is 0.960. The summed E-state index contributed by atoms with van der Waals surface area (Å²) in [6.07, 6.45) is 4.50. The van der Waals surface area contributed by atoms with Crippen molar-refractivity contribution in [3.8, 4) is 6.07 Å². The molecule has 0 amide bonds. The molecule has 7 heteroatoms. The second-order valence-corrected chi connectivity index (χ2v) is 3.77. The maximum absolute atomic E-state index is 10.7. The molecule has 0 aliphatic heterocycles. The van der Waals surface area contributed by atoms with E-state index in [-0.39, 0.29) is 5.69 Å². The average Bonchev–Trinajstić information content (AvgIpc) is 2.88.